The van der Waals surface area contributed by atoms with Crippen molar-refractivity contribution in [3.05, 3.63) is 57.3 Å². The van der Waals surface area contributed by atoms with Crippen molar-refractivity contribution in [3.8, 4) is 6.07 Å². The van der Waals surface area contributed by atoms with Gasteiger partial charge in [0.05, 0.1) is 16.3 Å². The molecule has 2 aromatic carbocycles. The summed E-state index contributed by atoms with van der Waals surface area (Å²) in [4.78, 5) is 0. The van der Waals surface area contributed by atoms with E-state index < -0.39 is 5.82 Å². The van der Waals surface area contributed by atoms with E-state index in [2.05, 4.69) is 21.2 Å². The molecule has 0 bridgehead atoms. The fraction of sp³-hybridized carbons (Fsp3) is 0. The monoisotopic (exact) mass is 324 g/mol. The topological polar surface area (TPSA) is 35.8 Å². The molecule has 0 atom stereocenters. The van der Waals surface area contributed by atoms with E-state index in [1.54, 1.807) is 24.3 Å². The lowest BCUT2D eigenvalue weighted by atomic mass is 10.2. The van der Waals surface area contributed by atoms with E-state index in [-0.39, 0.29) is 5.56 Å². The first-order valence-electron chi connectivity index (χ1n) is 5.02. The van der Waals surface area contributed by atoms with Gasteiger partial charge in [-0.3, -0.25) is 0 Å². The summed E-state index contributed by atoms with van der Waals surface area (Å²) >= 11 is 9.34. The third kappa shape index (κ3) is 2.81. The molecule has 90 valence electrons. The van der Waals surface area contributed by atoms with E-state index in [1.165, 1.54) is 12.1 Å². The van der Waals surface area contributed by atoms with Crippen LogP contribution in [0.3, 0.4) is 0 Å². The summed E-state index contributed by atoms with van der Waals surface area (Å²) in [7, 11) is 0. The van der Waals surface area contributed by atoms with Crippen LogP contribution < -0.4 is 5.32 Å². The normalized spacial score (nSPS) is 9.89. The number of halogens is 3. The fourth-order valence-electron chi connectivity index (χ4n) is 1.43. The van der Waals surface area contributed by atoms with E-state index >= 15 is 0 Å². The average molecular weight is 326 g/mol. The van der Waals surface area contributed by atoms with Crippen molar-refractivity contribution in [1.82, 2.24) is 0 Å². The van der Waals surface area contributed by atoms with E-state index in [1.807, 2.05) is 6.07 Å². The van der Waals surface area contributed by atoms with Crippen molar-refractivity contribution in [1.29, 1.82) is 5.26 Å². The van der Waals surface area contributed by atoms with Crippen LogP contribution in [-0.2, 0) is 0 Å². The molecule has 0 aromatic heterocycles. The SMILES string of the molecule is N#Cc1ccc(Nc2ccc(Br)cc2Cl)cc1F. The first-order valence-corrected chi connectivity index (χ1v) is 6.19. The van der Waals surface area contributed by atoms with Gasteiger partial charge in [-0.2, -0.15) is 5.26 Å². The number of hydrogen-bond donors (Lipinski definition) is 1. The van der Waals surface area contributed by atoms with Crippen molar-refractivity contribution in [2.75, 3.05) is 5.32 Å². The Kier molecular flexibility index (Phi) is 3.85. The number of nitriles is 1. The van der Waals surface area contributed by atoms with Crippen molar-refractivity contribution >= 4 is 38.9 Å². The molecule has 0 radical (unpaired) electrons. The summed E-state index contributed by atoms with van der Waals surface area (Å²) in [5.74, 6) is -0.560. The highest BCUT2D eigenvalue weighted by atomic mass is 79.9. The number of nitrogens with one attached hydrogen (secondary N) is 1. The zero-order valence-corrected chi connectivity index (χ0v) is 11.4. The van der Waals surface area contributed by atoms with Gasteiger partial charge in [-0.1, -0.05) is 27.5 Å². The first-order chi connectivity index (χ1) is 8.60. The highest BCUT2D eigenvalue weighted by molar-refractivity contribution is 9.10. The van der Waals surface area contributed by atoms with Gasteiger partial charge >= 0.3 is 0 Å². The predicted molar refractivity (Wildman–Crippen MR) is 73.5 cm³/mol. The van der Waals surface area contributed by atoms with E-state index in [0.717, 1.165) is 4.47 Å². The Bertz CT molecular complexity index is 637. The molecule has 18 heavy (non-hydrogen) atoms. The molecule has 0 unspecified atom stereocenters. The molecule has 1 N–H and O–H groups in total. The van der Waals surface area contributed by atoms with E-state index in [4.69, 9.17) is 16.9 Å². The lowest BCUT2D eigenvalue weighted by molar-refractivity contribution is 0.624. The molecule has 2 aromatic rings. The van der Waals surface area contributed by atoms with Gasteiger partial charge in [0.15, 0.2) is 0 Å². The maximum absolute atomic E-state index is 13.4. The molecule has 0 fully saturated rings. The smallest absolute Gasteiger partial charge is 0.143 e. The molecule has 2 rings (SSSR count). The van der Waals surface area contributed by atoms with Gasteiger partial charge < -0.3 is 5.32 Å². The second kappa shape index (κ2) is 5.38. The number of rotatable bonds is 2. The summed E-state index contributed by atoms with van der Waals surface area (Å²) in [5, 5.41) is 12.1. The highest BCUT2D eigenvalue weighted by Gasteiger charge is 2.05. The summed E-state index contributed by atoms with van der Waals surface area (Å²) in [5.41, 5.74) is 1.22. The predicted octanol–water partition coefficient (Wildman–Crippen LogP) is 4.86. The Labute approximate surface area is 117 Å². The zero-order chi connectivity index (χ0) is 13.1. The van der Waals surface area contributed by atoms with Gasteiger partial charge in [-0.15, -0.1) is 0 Å². The first kappa shape index (κ1) is 12.9. The van der Waals surface area contributed by atoms with Crippen LogP contribution in [0, 0.1) is 17.1 Å². The number of hydrogen-bond acceptors (Lipinski definition) is 2. The second-order valence-electron chi connectivity index (χ2n) is 3.56. The quantitative estimate of drug-likeness (QED) is 0.856. The van der Waals surface area contributed by atoms with Crippen molar-refractivity contribution in [3.63, 3.8) is 0 Å². The minimum atomic E-state index is -0.560. The van der Waals surface area contributed by atoms with E-state index in [0.29, 0.717) is 16.4 Å². The molecule has 0 aliphatic carbocycles. The Morgan fingerprint density at radius 2 is 2.00 bits per heavy atom. The van der Waals surface area contributed by atoms with Gasteiger partial charge in [0.2, 0.25) is 0 Å². The summed E-state index contributed by atoms with van der Waals surface area (Å²) in [6.45, 7) is 0. The molecule has 0 saturated heterocycles. The average Bonchev–Trinajstić information content (AvgIpc) is 2.33. The van der Waals surface area contributed by atoms with Crippen LogP contribution >= 0.6 is 27.5 Å². The Morgan fingerprint density at radius 1 is 1.22 bits per heavy atom. The lowest BCUT2D eigenvalue weighted by Crippen LogP contribution is -1.93. The van der Waals surface area contributed by atoms with Crippen molar-refractivity contribution < 1.29 is 4.39 Å². The summed E-state index contributed by atoms with van der Waals surface area (Å²) in [6, 6.07) is 11.4. The Morgan fingerprint density at radius 3 is 2.61 bits per heavy atom. The van der Waals surface area contributed by atoms with Crippen LogP contribution in [0.2, 0.25) is 5.02 Å². The van der Waals surface area contributed by atoms with Crippen LogP contribution in [0.1, 0.15) is 5.56 Å². The lowest BCUT2D eigenvalue weighted by Gasteiger charge is -2.09. The Balaban J connectivity index is 2.29. The molecule has 0 spiro atoms. The van der Waals surface area contributed by atoms with Crippen LogP contribution in [0.5, 0.6) is 0 Å². The minimum Gasteiger partial charge on any atom is -0.354 e. The van der Waals surface area contributed by atoms with Crippen LogP contribution in [0.4, 0.5) is 15.8 Å². The molecular weight excluding hydrogens is 319 g/mol. The third-order valence-corrected chi connectivity index (χ3v) is 3.11. The molecule has 0 aliphatic heterocycles. The van der Waals surface area contributed by atoms with Crippen LogP contribution in [0.15, 0.2) is 40.9 Å². The van der Waals surface area contributed by atoms with Gasteiger partial charge in [0.25, 0.3) is 0 Å². The molecule has 5 heteroatoms. The summed E-state index contributed by atoms with van der Waals surface area (Å²) < 4.78 is 14.3. The molecular formula is C13H7BrClFN2. The maximum Gasteiger partial charge on any atom is 0.143 e. The number of anilines is 2. The van der Waals surface area contributed by atoms with Gasteiger partial charge in [0.1, 0.15) is 11.9 Å². The number of benzene rings is 2. The highest BCUT2D eigenvalue weighted by Crippen LogP contribution is 2.28. The standard InChI is InChI=1S/C13H7BrClFN2/c14-9-2-4-13(11(15)5-9)18-10-3-1-8(7-17)12(16)6-10/h1-6,18H. The van der Waals surface area contributed by atoms with Gasteiger partial charge in [-0.05, 0) is 36.4 Å². The van der Waals surface area contributed by atoms with Gasteiger partial charge in [-0.25, -0.2) is 4.39 Å². The van der Waals surface area contributed by atoms with E-state index in [9.17, 15) is 4.39 Å². The largest absolute Gasteiger partial charge is 0.354 e. The maximum atomic E-state index is 13.4. The second-order valence-corrected chi connectivity index (χ2v) is 4.88. The third-order valence-electron chi connectivity index (χ3n) is 2.30. The molecule has 0 saturated carbocycles. The minimum absolute atomic E-state index is 0.0162. The molecule has 0 amide bonds. The Hall–Kier alpha value is -1.57. The zero-order valence-electron chi connectivity index (χ0n) is 9.05. The van der Waals surface area contributed by atoms with Crippen LogP contribution in [0.25, 0.3) is 0 Å². The molecule has 0 heterocycles. The number of nitrogens with zero attached hydrogens (tertiary/aromatic N) is 1. The van der Waals surface area contributed by atoms with Gasteiger partial charge in [0, 0.05) is 10.2 Å². The summed E-state index contributed by atoms with van der Waals surface area (Å²) in [6.07, 6.45) is 0. The molecule has 0 aliphatic rings. The fourth-order valence-corrected chi connectivity index (χ4v) is 2.15. The van der Waals surface area contributed by atoms with Crippen molar-refractivity contribution in [2.45, 2.75) is 0 Å². The van der Waals surface area contributed by atoms with Crippen LogP contribution in [-0.4, -0.2) is 0 Å². The molecule has 2 nitrogen and oxygen atoms in total. The van der Waals surface area contributed by atoms with Crippen molar-refractivity contribution in [2.24, 2.45) is 0 Å².